The first-order valence-corrected chi connectivity index (χ1v) is 6.04. The van der Waals surface area contributed by atoms with Crippen molar-refractivity contribution in [2.24, 2.45) is 0 Å². The van der Waals surface area contributed by atoms with Gasteiger partial charge in [-0.15, -0.1) is 0 Å². The second-order valence-electron chi connectivity index (χ2n) is 4.41. The number of hydrogen-bond donors (Lipinski definition) is 1. The molecule has 100 valence electrons. The zero-order valence-electron chi connectivity index (χ0n) is 11.2. The lowest BCUT2D eigenvalue weighted by Gasteiger charge is -2.32. The van der Waals surface area contributed by atoms with Crippen LogP contribution in [0.1, 0.15) is 11.1 Å². The van der Waals surface area contributed by atoms with Crippen LogP contribution in [0.15, 0.2) is 55.1 Å². The van der Waals surface area contributed by atoms with Crippen molar-refractivity contribution in [1.82, 2.24) is 0 Å². The van der Waals surface area contributed by atoms with Crippen LogP contribution in [0.4, 0.5) is 0 Å². The molecule has 0 heterocycles. The third-order valence-electron chi connectivity index (χ3n) is 3.39. The highest BCUT2D eigenvalue weighted by molar-refractivity contribution is 5.56. The van der Waals surface area contributed by atoms with Crippen molar-refractivity contribution in [2.75, 3.05) is 14.2 Å². The van der Waals surface area contributed by atoms with Crippen LogP contribution in [0, 0.1) is 0 Å². The molecule has 0 unspecified atom stereocenters. The lowest BCUT2D eigenvalue weighted by atomic mass is 9.85. The van der Waals surface area contributed by atoms with Gasteiger partial charge in [-0.2, -0.15) is 0 Å². The number of benzene rings is 1. The number of methoxy groups -OCH3 is 2. The molecule has 0 fully saturated rings. The number of aliphatic hydroxyl groups is 1. The molecule has 0 atom stereocenters. The highest BCUT2D eigenvalue weighted by Crippen LogP contribution is 2.34. The second-order valence-corrected chi connectivity index (χ2v) is 4.41. The fourth-order valence-corrected chi connectivity index (χ4v) is 2.17. The standard InChI is InChI=1S/C16H18O3/c1-4-13-7-5-6-8-14(13)15(17)9-11-16(18-2,19-3)12-10-15/h4-12,17H,1H2,2-3H3. The Morgan fingerprint density at radius 1 is 1.05 bits per heavy atom. The molecule has 3 heteroatoms. The maximum atomic E-state index is 10.7. The number of ether oxygens (including phenoxy) is 2. The van der Waals surface area contributed by atoms with Gasteiger partial charge < -0.3 is 14.6 Å². The van der Waals surface area contributed by atoms with Gasteiger partial charge in [0, 0.05) is 14.2 Å². The Hall–Kier alpha value is -1.68. The quantitative estimate of drug-likeness (QED) is 0.666. The summed E-state index contributed by atoms with van der Waals surface area (Å²) in [6, 6.07) is 7.58. The average Bonchev–Trinajstić information content (AvgIpc) is 2.48. The molecule has 0 aliphatic heterocycles. The third-order valence-corrected chi connectivity index (χ3v) is 3.39. The monoisotopic (exact) mass is 258 g/mol. The van der Waals surface area contributed by atoms with Crippen LogP contribution >= 0.6 is 0 Å². The van der Waals surface area contributed by atoms with E-state index in [0.29, 0.717) is 0 Å². The van der Waals surface area contributed by atoms with E-state index >= 15 is 0 Å². The van der Waals surface area contributed by atoms with E-state index in [2.05, 4.69) is 6.58 Å². The van der Waals surface area contributed by atoms with E-state index in [1.165, 1.54) is 0 Å². The van der Waals surface area contributed by atoms with Gasteiger partial charge in [0.2, 0.25) is 5.79 Å². The molecule has 19 heavy (non-hydrogen) atoms. The summed E-state index contributed by atoms with van der Waals surface area (Å²) in [6.07, 6.45) is 8.47. The minimum absolute atomic E-state index is 0.776. The van der Waals surface area contributed by atoms with Gasteiger partial charge in [0.05, 0.1) is 0 Å². The van der Waals surface area contributed by atoms with E-state index in [4.69, 9.17) is 9.47 Å². The topological polar surface area (TPSA) is 38.7 Å². The maximum absolute atomic E-state index is 10.7. The molecular formula is C16H18O3. The van der Waals surface area contributed by atoms with Crippen molar-refractivity contribution in [3.63, 3.8) is 0 Å². The molecule has 3 nitrogen and oxygen atoms in total. The van der Waals surface area contributed by atoms with Gasteiger partial charge in [-0.05, 0) is 35.4 Å². The Labute approximate surface area is 113 Å². The normalized spacial score (nSPS) is 19.3. The minimum atomic E-state index is -1.18. The van der Waals surface area contributed by atoms with E-state index in [1.54, 1.807) is 44.6 Å². The van der Waals surface area contributed by atoms with Gasteiger partial charge >= 0.3 is 0 Å². The summed E-state index contributed by atoms with van der Waals surface area (Å²) in [6.45, 7) is 3.77. The first-order chi connectivity index (χ1) is 9.09. The van der Waals surface area contributed by atoms with Crippen molar-refractivity contribution in [1.29, 1.82) is 0 Å². The summed E-state index contributed by atoms with van der Waals surface area (Å²) >= 11 is 0. The highest BCUT2D eigenvalue weighted by atomic mass is 16.7. The van der Waals surface area contributed by atoms with Gasteiger partial charge in [0.15, 0.2) is 0 Å². The van der Waals surface area contributed by atoms with Crippen LogP contribution in [0.3, 0.4) is 0 Å². The van der Waals surface area contributed by atoms with Crippen LogP contribution in [0.25, 0.3) is 6.08 Å². The molecule has 0 bridgehead atoms. The summed E-state index contributed by atoms with van der Waals surface area (Å²) in [5.74, 6) is -0.907. The van der Waals surface area contributed by atoms with Crippen molar-refractivity contribution in [3.8, 4) is 0 Å². The van der Waals surface area contributed by atoms with Crippen LogP contribution < -0.4 is 0 Å². The number of hydrogen-bond acceptors (Lipinski definition) is 3. The molecule has 2 rings (SSSR count). The van der Waals surface area contributed by atoms with Crippen molar-refractivity contribution in [3.05, 3.63) is 66.3 Å². The van der Waals surface area contributed by atoms with Gasteiger partial charge in [-0.1, -0.05) is 36.9 Å². The molecule has 0 amide bonds. The second kappa shape index (κ2) is 5.13. The predicted octanol–water partition coefficient (Wildman–Crippen LogP) is 2.63. The van der Waals surface area contributed by atoms with Gasteiger partial charge in [0.25, 0.3) is 0 Å². The minimum Gasteiger partial charge on any atom is -0.377 e. The fourth-order valence-electron chi connectivity index (χ4n) is 2.17. The summed E-state index contributed by atoms with van der Waals surface area (Å²) < 4.78 is 10.6. The molecule has 0 spiro atoms. The molecule has 1 aliphatic rings. The van der Waals surface area contributed by atoms with Crippen LogP contribution in [-0.4, -0.2) is 25.1 Å². The van der Waals surface area contributed by atoms with Crippen molar-refractivity contribution >= 4 is 6.08 Å². The molecule has 1 N–H and O–H groups in total. The first-order valence-electron chi connectivity index (χ1n) is 6.04. The van der Waals surface area contributed by atoms with Crippen LogP contribution in [0.2, 0.25) is 0 Å². The van der Waals surface area contributed by atoms with E-state index in [1.807, 2.05) is 24.3 Å². The predicted molar refractivity (Wildman–Crippen MR) is 75.5 cm³/mol. The largest absolute Gasteiger partial charge is 0.377 e. The lowest BCUT2D eigenvalue weighted by molar-refractivity contribution is -0.136. The Morgan fingerprint density at radius 3 is 2.16 bits per heavy atom. The lowest BCUT2D eigenvalue weighted by Crippen LogP contribution is -2.35. The zero-order valence-corrected chi connectivity index (χ0v) is 11.2. The van der Waals surface area contributed by atoms with Gasteiger partial charge in [0.1, 0.15) is 5.60 Å². The molecule has 1 aromatic rings. The Kier molecular flexibility index (Phi) is 3.71. The average molecular weight is 258 g/mol. The summed E-state index contributed by atoms with van der Waals surface area (Å²) in [5.41, 5.74) is 0.491. The summed E-state index contributed by atoms with van der Waals surface area (Å²) in [4.78, 5) is 0. The third kappa shape index (κ3) is 2.40. The first kappa shape index (κ1) is 13.7. The van der Waals surface area contributed by atoms with Gasteiger partial charge in [-0.3, -0.25) is 0 Å². The molecule has 0 aromatic heterocycles. The highest BCUT2D eigenvalue weighted by Gasteiger charge is 2.34. The molecule has 0 saturated heterocycles. The smallest absolute Gasteiger partial charge is 0.207 e. The zero-order chi connectivity index (χ0) is 13.9. The van der Waals surface area contributed by atoms with Crippen molar-refractivity contribution in [2.45, 2.75) is 11.4 Å². The Morgan fingerprint density at radius 2 is 1.63 bits per heavy atom. The summed E-state index contributed by atoms with van der Waals surface area (Å²) in [5, 5.41) is 10.7. The van der Waals surface area contributed by atoms with Crippen LogP contribution in [0.5, 0.6) is 0 Å². The molecule has 0 radical (unpaired) electrons. The summed E-state index contributed by atoms with van der Waals surface area (Å²) in [7, 11) is 3.11. The Balaban J connectivity index is 2.42. The maximum Gasteiger partial charge on any atom is 0.207 e. The van der Waals surface area contributed by atoms with E-state index in [9.17, 15) is 5.11 Å². The molecular weight excluding hydrogens is 240 g/mol. The molecule has 0 saturated carbocycles. The van der Waals surface area contributed by atoms with E-state index in [-0.39, 0.29) is 0 Å². The van der Waals surface area contributed by atoms with Gasteiger partial charge in [-0.25, -0.2) is 0 Å². The molecule has 1 aromatic carbocycles. The Bertz CT molecular complexity index is 509. The molecule has 1 aliphatic carbocycles. The van der Waals surface area contributed by atoms with E-state index < -0.39 is 11.4 Å². The van der Waals surface area contributed by atoms with Crippen molar-refractivity contribution < 1.29 is 14.6 Å². The SMILES string of the molecule is C=Cc1ccccc1C1(O)C=CC(OC)(OC)C=C1. The fraction of sp³-hybridized carbons (Fsp3) is 0.250. The number of rotatable bonds is 4. The van der Waals surface area contributed by atoms with E-state index in [0.717, 1.165) is 11.1 Å². The van der Waals surface area contributed by atoms with Crippen LogP contribution in [-0.2, 0) is 15.1 Å².